The number of aryl methyl sites for hydroxylation is 1. The number of hydrogen-bond donors (Lipinski definition) is 1. The van der Waals surface area contributed by atoms with Crippen LogP contribution in [0.15, 0.2) is 214 Å². The quantitative estimate of drug-likeness (QED) is 0.0616. The standard InChI is InChI=1S/C25H31ClN6O2.C22H27ClN6O.C22H27N5O2.C21H25ClN6O.C19H19ClN4O3/c1-2-3-24(33)30-12-10-29(11-13-30)17-21-18-31(14-15-34-21)25-22-8-9-27-16-23(22)32(28-25)20-6-4-19(26)5-7-20;1-26-8-10-27(11-9-26)15-19-16-28(12-13-30-19)22-20-6-7-24-14-21(20)29(25-22)18-4-2-17(23)3-5-18;1-17-2-4-18(5-3-17)27-21-14-23-7-6-20(21)22(24-27)26-10-13-29-19(16-26)15-25-8-11-28-12-9-25;22-16-1-3-17(4-2-16)28-20-13-24-6-5-19(20)21(25-28)27-11-12-29-18(15-27)14-26-9-7-23-8-10-26;1-26-18(25)10-15-12-27-9-8-23(15)19-16-6-7-21-11-17(16)24(22-19)14-4-2-13(20)3-5-14/h4-9,16,21H,2-3,10-15,17-18H2,1H3;2-7,14,19H,8-13,15-16H2,1H3;2-7,14,19H,8-13,15-16H2,1H3;1-6,13,18,23H,7-12,14-15H2;2-7,11,15H,8-10,12H2,1H3. The van der Waals surface area contributed by atoms with Crippen LogP contribution in [0.4, 0.5) is 29.1 Å². The van der Waals surface area contributed by atoms with Crippen molar-refractivity contribution in [1.82, 2.24) is 109 Å². The van der Waals surface area contributed by atoms with Crippen molar-refractivity contribution in [3.63, 3.8) is 0 Å². The molecule has 10 aromatic heterocycles. The summed E-state index contributed by atoms with van der Waals surface area (Å²) in [6.07, 6.45) is 20.8. The molecule has 9 fully saturated rings. The van der Waals surface area contributed by atoms with Gasteiger partial charge in [-0.15, -0.1) is 25.5 Å². The van der Waals surface area contributed by atoms with Crippen LogP contribution in [-0.2, 0) is 42.7 Å². The highest BCUT2D eigenvalue weighted by molar-refractivity contribution is 6.31. The van der Waals surface area contributed by atoms with Gasteiger partial charge in [0.25, 0.3) is 0 Å². The van der Waals surface area contributed by atoms with E-state index in [1.54, 1.807) is 12.4 Å². The van der Waals surface area contributed by atoms with E-state index in [0.29, 0.717) is 52.9 Å². The highest BCUT2D eigenvalue weighted by Crippen LogP contribution is 2.38. The van der Waals surface area contributed by atoms with E-state index >= 15 is 0 Å². The lowest BCUT2D eigenvalue weighted by Gasteiger charge is -2.39. The molecule has 40 heteroatoms. The molecule has 1 N–H and O–H groups in total. The monoisotopic (exact) mass is 2100 g/mol. The second-order valence-electron chi connectivity index (χ2n) is 38.8. The topological polar surface area (TPSA) is 300 Å². The van der Waals surface area contributed by atoms with E-state index in [4.69, 9.17) is 105 Å². The summed E-state index contributed by atoms with van der Waals surface area (Å²) in [5, 5.41) is 36.4. The number of methoxy groups -OCH3 is 1. The number of carbonyl (C=O) groups is 2. The first-order valence-electron chi connectivity index (χ1n) is 51.8. The van der Waals surface area contributed by atoms with Crippen molar-refractivity contribution in [2.24, 2.45) is 0 Å². The lowest BCUT2D eigenvalue weighted by atomic mass is 10.1. The molecule has 0 bridgehead atoms. The minimum Gasteiger partial charge on any atom is -0.469 e. The van der Waals surface area contributed by atoms with Crippen LogP contribution in [0, 0.1) is 6.92 Å². The Kier molecular flexibility index (Phi) is 34.7. The van der Waals surface area contributed by atoms with Gasteiger partial charge in [0.1, 0.15) is 0 Å². The smallest absolute Gasteiger partial charge is 0.307 e. The van der Waals surface area contributed by atoms with E-state index in [-0.39, 0.29) is 48.8 Å². The number of halogens is 4. The third-order valence-electron chi connectivity index (χ3n) is 28.7. The summed E-state index contributed by atoms with van der Waals surface area (Å²) in [6.45, 7) is 34.8. The average Bonchev–Trinajstić information content (AvgIpc) is 1.64. The van der Waals surface area contributed by atoms with Crippen LogP contribution >= 0.6 is 46.4 Å². The van der Waals surface area contributed by atoms with Crippen LogP contribution < -0.4 is 29.8 Å². The average molecular weight is 2100 g/mol. The van der Waals surface area contributed by atoms with E-state index in [1.807, 2.05) is 193 Å². The Morgan fingerprint density at radius 3 is 1.01 bits per heavy atom. The third-order valence-corrected chi connectivity index (χ3v) is 29.7. The maximum Gasteiger partial charge on any atom is 0.307 e. The number of hydrogen-bond acceptors (Lipinski definition) is 30. The molecule has 24 rings (SSSR count). The number of nitrogens with zero attached hydrogens (tertiary/aromatic N) is 26. The molecule has 5 unspecified atom stereocenters. The lowest BCUT2D eigenvalue weighted by Crippen LogP contribution is -2.53. The molecule has 0 aliphatic carbocycles. The molecule has 0 saturated carbocycles. The summed E-state index contributed by atoms with van der Waals surface area (Å²) in [6, 6.07) is 49.1. The fraction of sp³-hybridized carbons (Fsp3) is 0.431. The second kappa shape index (κ2) is 49.7. The Morgan fingerprint density at radius 1 is 0.362 bits per heavy atom. The molecule has 9 aliphatic rings. The van der Waals surface area contributed by atoms with Gasteiger partial charge >= 0.3 is 5.97 Å². The number of carbonyl (C=O) groups excluding carboxylic acids is 2. The molecule has 5 aromatic carbocycles. The van der Waals surface area contributed by atoms with Crippen LogP contribution in [0.3, 0.4) is 0 Å². The van der Waals surface area contributed by atoms with Gasteiger partial charge in [-0.25, -0.2) is 23.4 Å². The van der Waals surface area contributed by atoms with Gasteiger partial charge in [-0.1, -0.05) is 71.0 Å². The molecular weight excluding hydrogens is 1970 g/mol. The number of ether oxygens (including phenoxy) is 7. The number of piperazine rings is 3. The largest absolute Gasteiger partial charge is 0.469 e. The van der Waals surface area contributed by atoms with Gasteiger partial charge in [-0.2, -0.15) is 0 Å². The Morgan fingerprint density at radius 2 is 0.671 bits per heavy atom. The van der Waals surface area contributed by atoms with Gasteiger partial charge in [0.15, 0.2) is 29.1 Å². The molecule has 0 radical (unpaired) electrons. The van der Waals surface area contributed by atoms with E-state index < -0.39 is 0 Å². The summed E-state index contributed by atoms with van der Waals surface area (Å²) in [7, 11) is 3.58. The van der Waals surface area contributed by atoms with Crippen LogP contribution in [-0.4, -0.2) is 389 Å². The van der Waals surface area contributed by atoms with Crippen LogP contribution in [0.2, 0.25) is 20.1 Å². The van der Waals surface area contributed by atoms with Crippen molar-refractivity contribution in [2.75, 3.05) is 268 Å². The van der Waals surface area contributed by atoms with E-state index in [1.165, 1.54) is 12.7 Å². The number of esters is 1. The van der Waals surface area contributed by atoms with E-state index in [9.17, 15) is 9.59 Å². The summed E-state index contributed by atoms with van der Waals surface area (Å²) in [4.78, 5) is 71.3. The number of likely N-dealkylation sites (N-methyl/N-ethyl adjacent to an activating group) is 1. The number of benzene rings is 5. The van der Waals surface area contributed by atoms with Gasteiger partial charge in [0.2, 0.25) is 5.91 Å². The summed E-state index contributed by atoms with van der Waals surface area (Å²) < 4.78 is 50.0. The Hall–Kier alpha value is -12.2. The van der Waals surface area contributed by atoms with Crippen molar-refractivity contribution in [3.8, 4) is 28.4 Å². The fourth-order valence-electron chi connectivity index (χ4n) is 20.8. The molecule has 5 atom stereocenters. The predicted octanol–water partition coefficient (Wildman–Crippen LogP) is 13.0. The summed E-state index contributed by atoms with van der Waals surface area (Å²) in [5.74, 6) is 4.77. The van der Waals surface area contributed by atoms with Crippen LogP contribution in [0.1, 0.15) is 31.7 Å². The predicted molar refractivity (Wildman–Crippen MR) is 584 cm³/mol. The zero-order chi connectivity index (χ0) is 102. The SMILES string of the molecule is CCCC(=O)N1CCN(CC2CN(c3nn(-c4ccc(Cl)cc4)c4cnccc34)CCO2)CC1.CN1CCN(CC2CN(c3nn(-c4ccc(Cl)cc4)c4cnccc34)CCO2)CC1.COC(=O)CC1COCCN1c1nn(-c2ccc(Cl)cc2)c2cnccc12.Cc1ccc(-n2nc(N3CCOC(CN4CCOCC4)C3)c3ccncc32)cc1.Clc1ccc(-n2nc(N3CCOC(CN4CCNCC4)C3)c3ccncc32)cc1. The van der Waals surface area contributed by atoms with Crippen molar-refractivity contribution in [2.45, 2.75) is 63.6 Å². The minimum atomic E-state index is -0.265. The van der Waals surface area contributed by atoms with Crippen molar-refractivity contribution >= 4 is 142 Å². The number of amides is 1. The number of aromatic nitrogens is 15. The molecular formula is C109H129Cl4N27O9. The maximum absolute atomic E-state index is 12.2. The molecule has 9 saturated heterocycles. The van der Waals surface area contributed by atoms with Crippen molar-refractivity contribution in [1.29, 1.82) is 0 Å². The van der Waals surface area contributed by atoms with Crippen LogP contribution in [0.25, 0.3) is 83.0 Å². The molecule has 9 aliphatic heterocycles. The molecule has 19 heterocycles. The molecule has 0 spiro atoms. The van der Waals surface area contributed by atoms with Crippen molar-refractivity contribution < 1.29 is 42.7 Å². The number of anilines is 5. The van der Waals surface area contributed by atoms with Gasteiger partial charge in [0, 0.05) is 261 Å². The third kappa shape index (κ3) is 25.5. The van der Waals surface area contributed by atoms with E-state index in [2.05, 4.69) is 137 Å². The number of rotatable bonds is 22. The van der Waals surface area contributed by atoms with E-state index in [0.717, 1.165) is 322 Å². The fourth-order valence-corrected chi connectivity index (χ4v) is 21.3. The number of nitrogens with one attached hydrogen (secondary N) is 1. The van der Waals surface area contributed by atoms with Gasteiger partial charge in [0.05, 0.1) is 184 Å². The maximum atomic E-state index is 12.2. The zero-order valence-corrected chi connectivity index (χ0v) is 87.8. The second-order valence-corrected chi connectivity index (χ2v) is 40.6. The summed E-state index contributed by atoms with van der Waals surface area (Å²) in [5.41, 5.74) is 11.0. The summed E-state index contributed by atoms with van der Waals surface area (Å²) >= 11 is 24.3. The first kappa shape index (κ1) is 104. The Bertz CT molecular complexity index is 6760. The normalized spacial score (nSPS) is 20.1. The highest BCUT2D eigenvalue weighted by atomic mass is 35.5. The zero-order valence-electron chi connectivity index (χ0n) is 84.8. The Labute approximate surface area is 887 Å². The number of morpholine rings is 6. The minimum absolute atomic E-state index is 0.101. The number of fused-ring (bicyclic) bond motifs is 5. The van der Waals surface area contributed by atoms with Gasteiger partial charge < -0.3 is 72.8 Å². The van der Waals surface area contributed by atoms with Gasteiger partial charge in [-0.3, -0.25) is 54.1 Å². The molecule has 782 valence electrons. The molecule has 15 aromatic rings. The molecule has 36 nitrogen and oxygen atoms in total. The Balaban J connectivity index is 0.000000113. The van der Waals surface area contributed by atoms with Gasteiger partial charge in [-0.05, 0) is 160 Å². The van der Waals surface area contributed by atoms with Crippen LogP contribution in [0.5, 0.6) is 0 Å². The van der Waals surface area contributed by atoms with Crippen molar-refractivity contribution in [3.05, 3.63) is 239 Å². The first-order chi connectivity index (χ1) is 73.0. The first-order valence-corrected chi connectivity index (χ1v) is 53.3. The molecule has 1 amide bonds. The molecule has 149 heavy (non-hydrogen) atoms. The highest BCUT2D eigenvalue weighted by Gasteiger charge is 2.36. The number of pyridine rings is 5. The lowest BCUT2D eigenvalue weighted by molar-refractivity contribution is -0.141.